The van der Waals surface area contributed by atoms with Crippen molar-refractivity contribution in [1.29, 1.82) is 0 Å². The second kappa shape index (κ2) is 14.1. The summed E-state index contributed by atoms with van der Waals surface area (Å²) in [5.74, 6) is -0.756. The Bertz CT molecular complexity index is 1460. The van der Waals surface area contributed by atoms with Crippen molar-refractivity contribution in [2.75, 3.05) is 33.3 Å². The number of benzene rings is 2. The van der Waals surface area contributed by atoms with Crippen LogP contribution in [0.15, 0.2) is 59.6 Å². The molecule has 3 aromatic rings. The Balaban J connectivity index is 1.32. The second-order valence-electron chi connectivity index (χ2n) is 9.94. The third kappa shape index (κ3) is 7.53. The molecule has 1 aliphatic heterocycles. The van der Waals surface area contributed by atoms with Crippen molar-refractivity contribution in [3.8, 4) is 5.88 Å². The van der Waals surface area contributed by atoms with Gasteiger partial charge in [-0.2, -0.15) is 4.98 Å². The van der Waals surface area contributed by atoms with E-state index in [1.807, 2.05) is 42.5 Å². The van der Waals surface area contributed by atoms with Gasteiger partial charge in [0.1, 0.15) is 5.54 Å². The first-order valence-corrected chi connectivity index (χ1v) is 14.5. The van der Waals surface area contributed by atoms with E-state index in [0.717, 1.165) is 28.1 Å². The summed E-state index contributed by atoms with van der Waals surface area (Å²) in [6, 6.07) is 16.4. The number of hydrogen-bond acceptors (Lipinski definition) is 9. The molecule has 1 saturated heterocycles. The normalized spacial score (nSPS) is 14.9. The summed E-state index contributed by atoms with van der Waals surface area (Å²) in [4.78, 5) is 54.2. The summed E-state index contributed by atoms with van der Waals surface area (Å²) in [5.41, 5.74) is -0.470. The maximum atomic E-state index is 13.4. The Morgan fingerprint density at radius 1 is 1.07 bits per heavy atom. The Kier molecular flexibility index (Phi) is 10.3. The van der Waals surface area contributed by atoms with Gasteiger partial charge in [-0.1, -0.05) is 54.2 Å². The molecule has 0 saturated carbocycles. The van der Waals surface area contributed by atoms with Crippen molar-refractivity contribution in [2.45, 2.75) is 42.0 Å². The number of carbonyl (C=O) groups excluding carboxylic acids is 3. The summed E-state index contributed by atoms with van der Waals surface area (Å²) < 4.78 is 5.08. The van der Waals surface area contributed by atoms with Crippen molar-refractivity contribution in [2.24, 2.45) is 0 Å². The largest absolute Gasteiger partial charge is 0.481 e. The number of amides is 3. The third-order valence-corrected chi connectivity index (χ3v) is 8.19. The zero-order chi connectivity index (χ0) is 30.1. The quantitative estimate of drug-likeness (QED) is 0.107. The molecule has 1 unspecified atom stereocenters. The lowest BCUT2D eigenvalue weighted by molar-refractivity contribution is -0.388. The summed E-state index contributed by atoms with van der Waals surface area (Å²) >= 11 is 0.921. The predicted molar refractivity (Wildman–Crippen MR) is 159 cm³/mol. The average molecular weight is 595 g/mol. The number of nitro groups is 1. The highest BCUT2D eigenvalue weighted by molar-refractivity contribution is 8.00. The maximum Gasteiger partial charge on any atom is 0.301 e. The number of ether oxygens (including phenoxy) is 1. The fourth-order valence-electron chi connectivity index (χ4n) is 4.81. The maximum absolute atomic E-state index is 13.4. The number of thioether (sulfide) groups is 1. The van der Waals surface area contributed by atoms with E-state index in [2.05, 4.69) is 26.3 Å². The Labute approximate surface area is 247 Å². The van der Waals surface area contributed by atoms with Crippen molar-refractivity contribution in [1.82, 2.24) is 26.3 Å². The van der Waals surface area contributed by atoms with Crippen LogP contribution in [0.2, 0.25) is 0 Å². The lowest BCUT2D eigenvalue weighted by atomic mass is 9.87. The SMILES string of the molecule is COc1ccc([N+](=O)[O-])c(SC(C)C(=O)NC2(C(=O)NCCNC(=O)Cc3cccc4ccccc34)CCNCC2)n1. The Morgan fingerprint density at radius 2 is 1.79 bits per heavy atom. The Hall–Kier alpha value is -4.23. The smallest absolute Gasteiger partial charge is 0.301 e. The number of piperidine rings is 1. The molecule has 2 heterocycles. The molecular weight excluding hydrogens is 560 g/mol. The molecule has 3 amide bonds. The van der Waals surface area contributed by atoms with E-state index >= 15 is 0 Å². The van der Waals surface area contributed by atoms with Crippen LogP contribution in [0, 0.1) is 10.1 Å². The van der Waals surface area contributed by atoms with Gasteiger partial charge in [-0.25, -0.2) is 0 Å². The van der Waals surface area contributed by atoms with Gasteiger partial charge in [-0.05, 0) is 49.2 Å². The van der Waals surface area contributed by atoms with E-state index in [-0.39, 0.29) is 47.9 Å². The van der Waals surface area contributed by atoms with Crippen molar-refractivity contribution in [3.05, 3.63) is 70.3 Å². The number of fused-ring (bicyclic) bond motifs is 1. The van der Waals surface area contributed by atoms with Crippen molar-refractivity contribution >= 4 is 45.9 Å². The predicted octanol–water partition coefficient (Wildman–Crippen LogP) is 2.35. The average Bonchev–Trinajstić information content (AvgIpc) is 2.99. The van der Waals surface area contributed by atoms with E-state index in [1.54, 1.807) is 6.92 Å². The van der Waals surface area contributed by atoms with Crippen LogP contribution in [-0.4, -0.2) is 71.7 Å². The first kappa shape index (κ1) is 30.7. The topological polar surface area (TPSA) is 165 Å². The van der Waals surface area contributed by atoms with Crippen LogP contribution < -0.4 is 26.0 Å². The van der Waals surface area contributed by atoms with E-state index < -0.39 is 21.6 Å². The van der Waals surface area contributed by atoms with Gasteiger partial charge in [-0.3, -0.25) is 24.5 Å². The lowest BCUT2D eigenvalue weighted by Crippen LogP contribution is -2.64. The number of hydrogen-bond donors (Lipinski definition) is 4. The lowest BCUT2D eigenvalue weighted by Gasteiger charge is -2.37. The molecule has 2 aromatic carbocycles. The molecule has 222 valence electrons. The first-order chi connectivity index (χ1) is 20.2. The third-order valence-electron chi connectivity index (χ3n) is 7.10. The van der Waals surface area contributed by atoms with E-state index in [1.165, 1.54) is 19.2 Å². The number of carbonyl (C=O) groups is 3. The fraction of sp³-hybridized carbons (Fsp3) is 0.379. The zero-order valence-corrected chi connectivity index (χ0v) is 24.3. The van der Waals surface area contributed by atoms with Crippen molar-refractivity contribution < 1.29 is 24.0 Å². The second-order valence-corrected chi connectivity index (χ2v) is 11.3. The summed E-state index contributed by atoms with van der Waals surface area (Å²) in [7, 11) is 1.40. The van der Waals surface area contributed by atoms with Gasteiger partial charge in [0, 0.05) is 25.2 Å². The minimum absolute atomic E-state index is 0.0463. The summed E-state index contributed by atoms with van der Waals surface area (Å²) in [5, 5.41) is 24.6. The number of rotatable bonds is 12. The molecule has 0 aliphatic carbocycles. The minimum Gasteiger partial charge on any atom is -0.481 e. The zero-order valence-electron chi connectivity index (χ0n) is 23.5. The van der Waals surface area contributed by atoms with E-state index in [4.69, 9.17) is 4.74 Å². The monoisotopic (exact) mass is 594 g/mol. The summed E-state index contributed by atoms with van der Waals surface area (Å²) in [6.07, 6.45) is 0.955. The van der Waals surface area contributed by atoms with Gasteiger partial charge < -0.3 is 26.0 Å². The van der Waals surface area contributed by atoms with Crippen LogP contribution in [0.3, 0.4) is 0 Å². The van der Waals surface area contributed by atoms with E-state index in [0.29, 0.717) is 25.9 Å². The molecule has 1 atom stereocenters. The van der Waals surface area contributed by atoms with Gasteiger partial charge >= 0.3 is 5.69 Å². The molecular formula is C29H34N6O6S. The molecule has 0 bridgehead atoms. The highest BCUT2D eigenvalue weighted by atomic mass is 32.2. The standard InChI is InChI=1S/C29H34N6O6S/c1-19(42-27-23(35(39)40)10-11-25(33-27)41-2)26(37)34-29(12-14-30-15-13-29)28(38)32-17-16-31-24(36)18-21-8-5-7-20-6-3-4-9-22(20)21/h3-11,19,30H,12-18H2,1-2H3,(H,31,36)(H,32,38)(H,34,37). The van der Waals surface area contributed by atoms with Gasteiger partial charge in [0.05, 0.1) is 23.7 Å². The van der Waals surface area contributed by atoms with Gasteiger partial charge in [-0.15, -0.1) is 0 Å². The van der Waals surface area contributed by atoms with Gasteiger partial charge in [0.15, 0.2) is 5.03 Å². The van der Waals surface area contributed by atoms with Crippen LogP contribution in [0.1, 0.15) is 25.3 Å². The van der Waals surface area contributed by atoms with Crippen LogP contribution >= 0.6 is 11.8 Å². The Morgan fingerprint density at radius 3 is 2.52 bits per heavy atom. The van der Waals surface area contributed by atoms with Crippen molar-refractivity contribution in [3.63, 3.8) is 0 Å². The van der Waals surface area contributed by atoms with Crippen LogP contribution in [0.5, 0.6) is 5.88 Å². The molecule has 1 aliphatic rings. The molecule has 42 heavy (non-hydrogen) atoms. The van der Waals surface area contributed by atoms with Crippen LogP contribution in [-0.2, 0) is 20.8 Å². The van der Waals surface area contributed by atoms with Gasteiger partial charge in [0.2, 0.25) is 23.6 Å². The fourth-order valence-corrected chi connectivity index (χ4v) is 5.71. The molecule has 13 heteroatoms. The number of aromatic nitrogens is 1. The molecule has 1 fully saturated rings. The molecule has 0 spiro atoms. The molecule has 0 radical (unpaired) electrons. The molecule has 12 nitrogen and oxygen atoms in total. The molecule has 1 aromatic heterocycles. The van der Waals surface area contributed by atoms with Crippen LogP contribution in [0.25, 0.3) is 10.8 Å². The number of methoxy groups -OCH3 is 1. The molecule has 4 rings (SSSR count). The van der Waals surface area contributed by atoms with Gasteiger partial charge in [0.25, 0.3) is 0 Å². The highest BCUT2D eigenvalue weighted by Crippen LogP contribution is 2.33. The highest BCUT2D eigenvalue weighted by Gasteiger charge is 2.41. The molecule has 4 N–H and O–H groups in total. The van der Waals surface area contributed by atoms with E-state index in [9.17, 15) is 24.5 Å². The number of nitrogens with one attached hydrogen (secondary N) is 4. The number of pyridine rings is 1. The van der Waals surface area contributed by atoms with Crippen LogP contribution in [0.4, 0.5) is 5.69 Å². The minimum atomic E-state index is -1.15. The number of nitrogens with zero attached hydrogens (tertiary/aromatic N) is 2. The summed E-state index contributed by atoms with van der Waals surface area (Å²) in [6.45, 7) is 3.08. The first-order valence-electron chi connectivity index (χ1n) is 13.6.